The summed E-state index contributed by atoms with van der Waals surface area (Å²) in [7, 11) is 0. The molecule has 5 nitrogen and oxygen atoms in total. The van der Waals surface area contributed by atoms with Gasteiger partial charge in [0.1, 0.15) is 6.61 Å². The van der Waals surface area contributed by atoms with E-state index in [0.717, 1.165) is 19.4 Å². The molecule has 2 aliphatic heterocycles. The van der Waals surface area contributed by atoms with Crippen molar-refractivity contribution in [3.05, 3.63) is 0 Å². The molecule has 2 heterocycles. The number of hydrogen-bond acceptors (Lipinski definition) is 4. The monoisotopic (exact) mass is 172 g/mol. The van der Waals surface area contributed by atoms with E-state index in [4.69, 9.17) is 0 Å². The molecule has 5 heteroatoms. The van der Waals surface area contributed by atoms with Crippen LogP contribution < -0.4 is 10.6 Å². The van der Waals surface area contributed by atoms with Gasteiger partial charge in [0, 0.05) is 0 Å². The molecule has 0 aromatic rings. The van der Waals surface area contributed by atoms with Gasteiger partial charge >= 0.3 is 0 Å². The van der Waals surface area contributed by atoms with Crippen LogP contribution in [0.25, 0.3) is 0 Å². The lowest BCUT2D eigenvalue weighted by atomic mass is 10.2. The number of amides is 1. The van der Waals surface area contributed by atoms with Crippen LogP contribution in [0.3, 0.4) is 0 Å². The maximum Gasteiger partial charge on any atom is 0.239 e. The summed E-state index contributed by atoms with van der Waals surface area (Å²) in [6.07, 6.45) is 1.75. The van der Waals surface area contributed by atoms with Crippen LogP contribution in [0, 0.1) is 0 Å². The molecule has 0 saturated carbocycles. The summed E-state index contributed by atoms with van der Waals surface area (Å²) in [5.41, 5.74) is 0. The Hall–Kier alpha value is -0.650. The molecule has 2 saturated heterocycles. The van der Waals surface area contributed by atoms with E-state index < -0.39 is 0 Å². The molecule has 0 spiro atoms. The minimum atomic E-state index is -0.236. The highest BCUT2D eigenvalue weighted by atomic mass is 17.2. The summed E-state index contributed by atoms with van der Waals surface area (Å²) < 4.78 is 0. The van der Waals surface area contributed by atoms with Crippen LogP contribution in [-0.2, 0) is 14.6 Å². The molecule has 2 atom stereocenters. The smallest absolute Gasteiger partial charge is 0.239 e. The van der Waals surface area contributed by atoms with Crippen LogP contribution in [-0.4, -0.2) is 31.3 Å². The molecule has 0 aliphatic carbocycles. The van der Waals surface area contributed by atoms with E-state index in [1.807, 2.05) is 0 Å². The molecular weight excluding hydrogens is 160 g/mol. The fraction of sp³-hybridized carbons (Fsp3) is 0.857. The molecule has 1 unspecified atom stereocenters. The van der Waals surface area contributed by atoms with Crippen molar-refractivity contribution in [2.24, 2.45) is 0 Å². The summed E-state index contributed by atoms with van der Waals surface area (Å²) in [5, 5.41) is 5.81. The number of carbonyl (C=O) groups is 1. The lowest BCUT2D eigenvalue weighted by Crippen LogP contribution is -2.51. The van der Waals surface area contributed by atoms with Crippen molar-refractivity contribution < 1.29 is 14.6 Å². The Morgan fingerprint density at radius 2 is 2.42 bits per heavy atom. The van der Waals surface area contributed by atoms with Gasteiger partial charge in [-0.1, -0.05) is 0 Å². The van der Waals surface area contributed by atoms with Gasteiger partial charge in [-0.2, -0.15) is 0 Å². The Labute approximate surface area is 70.3 Å². The number of nitrogens with one attached hydrogen (secondary N) is 2. The molecule has 68 valence electrons. The number of rotatable bonds is 2. The Morgan fingerprint density at radius 1 is 1.58 bits per heavy atom. The molecule has 2 aliphatic rings. The van der Waals surface area contributed by atoms with Gasteiger partial charge in [-0.15, -0.1) is 0 Å². The zero-order chi connectivity index (χ0) is 8.39. The average Bonchev–Trinajstić information content (AvgIpc) is 2.47. The third-order valence-corrected chi connectivity index (χ3v) is 2.08. The molecule has 2 N–H and O–H groups in total. The molecule has 12 heavy (non-hydrogen) atoms. The van der Waals surface area contributed by atoms with E-state index >= 15 is 0 Å². The molecule has 2 fully saturated rings. The first-order valence-electron chi connectivity index (χ1n) is 4.18. The molecule has 0 radical (unpaired) electrons. The first-order valence-corrected chi connectivity index (χ1v) is 4.18. The van der Waals surface area contributed by atoms with Gasteiger partial charge < -0.3 is 10.6 Å². The second kappa shape index (κ2) is 3.38. The van der Waals surface area contributed by atoms with E-state index in [1.165, 1.54) is 0 Å². The predicted molar refractivity (Wildman–Crippen MR) is 40.0 cm³/mol. The number of hydrogen-bond donors (Lipinski definition) is 2. The van der Waals surface area contributed by atoms with Crippen molar-refractivity contribution in [2.45, 2.75) is 25.1 Å². The van der Waals surface area contributed by atoms with Gasteiger partial charge in [0.2, 0.25) is 5.91 Å². The highest BCUT2D eigenvalue weighted by Crippen LogP contribution is 2.07. The van der Waals surface area contributed by atoms with Gasteiger partial charge in [-0.05, 0) is 19.4 Å². The zero-order valence-electron chi connectivity index (χ0n) is 6.71. The highest BCUT2D eigenvalue weighted by molar-refractivity contribution is 5.82. The molecule has 0 aromatic carbocycles. The van der Waals surface area contributed by atoms with E-state index in [9.17, 15) is 4.79 Å². The van der Waals surface area contributed by atoms with E-state index in [-0.39, 0.29) is 18.2 Å². The van der Waals surface area contributed by atoms with Crippen LogP contribution >= 0.6 is 0 Å². The molecule has 2 rings (SSSR count). The van der Waals surface area contributed by atoms with Crippen molar-refractivity contribution in [1.29, 1.82) is 0 Å². The molecule has 0 aromatic heterocycles. The maximum atomic E-state index is 11.3. The van der Waals surface area contributed by atoms with Crippen molar-refractivity contribution in [2.75, 3.05) is 13.2 Å². The van der Waals surface area contributed by atoms with Crippen molar-refractivity contribution >= 4 is 5.91 Å². The minimum Gasteiger partial charge on any atom is -0.325 e. The SMILES string of the molecule is O=C(NC1COO1)[C@@H]1CCCN1. The quantitative estimate of drug-likeness (QED) is 0.532. The van der Waals surface area contributed by atoms with Gasteiger partial charge in [0.25, 0.3) is 0 Å². The molecule has 0 bridgehead atoms. The lowest BCUT2D eigenvalue weighted by molar-refractivity contribution is -0.429. The Kier molecular flexibility index (Phi) is 2.25. The predicted octanol–water partition coefficient (Wildman–Crippen LogP) is -0.857. The lowest BCUT2D eigenvalue weighted by Gasteiger charge is -2.26. The fourth-order valence-electron chi connectivity index (χ4n) is 1.37. The molecule has 1 amide bonds. The molecular formula is C7H12N2O3. The highest BCUT2D eigenvalue weighted by Gasteiger charge is 2.28. The second-order valence-electron chi connectivity index (χ2n) is 3.03. The summed E-state index contributed by atoms with van der Waals surface area (Å²) >= 11 is 0. The Bertz CT molecular complexity index is 175. The van der Waals surface area contributed by atoms with Crippen LogP contribution in [0.4, 0.5) is 0 Å². The average molecular weight is 172 g/mol. The summed E-state index contributed by atoms with van der Waals surface area (Å²) in [5.74, 6) is 0.0146. The standard InChI is InChI=1S/C7H12N2O3/c10-7(5-2-1-3-8-5)9-6-4-11-12-6/h5-6,8H,1-4H2,(H,9,10)/t5-,6?/m0/s1. The van der Waals surface area contributed by atoms with Crippen LogP contribution in [0.15, 0.2) is 0 Å². The first-order chi connectivity index (χ1) is 5.86. The third-order valence-electron chi connectivity index (χ3n) is 2.08. The Morgan fingerprint density at radius 3 is 2.92 bits per heavy atom. The largest absolute Gasteiger partial charge is 0.325 e. The van der Waals surface area contributed by atoms with Crippen LogP contribution in [0.2, 0.25) is 0 Å². The van der Waals surface area contributed by atoms with Gasteiger partial charge in [-0.3, -0.25) is 4.79 Å². The van der Waals surface area contributed by atoms with Crippen molar-refractivity contribution in [3.8, 4) is 0 Å². The second-order valence-corrected chi connectivity index (χ2v) is 3.03. The summed E-state index contributed by atoms with van der Waals surface area (Å²) in [6, 6.07) is -0.0331. The third kappa shape index (κ3) is 1.57. The Balaban J connectivity index is 1.74. The van der Waals surface area contributed by atoms with Crippen LogP contribution in [0.5, 0.6) is 0 Å². The van der Waals surface area contributed by atoms with E-state index in [0.29, 0.717) is 6.61 Å². The summed E-state index contributed by atoms with van der Waals surface area (Å²) in [4.78, 5) is 20.4. The maximum absolute atomic E-state index is 11.3. The van der Waals surface area contributed by atoms with Crippen molar-refractivity contribution in [3.63, 3.8) is 0 Å². The topological polar surface area (TPSA) is 59.6 Å². The van der Waals surface area contributed by atoms with E-state index in [2.05, 4.69) is 20.4 Å². The summed E-state index contributed by atoms with van der Waals surface area (Å²) in [6.45, 7) is 1.39. The van der Waals surface area contributed by atoms with Gasteiger partial charge in [-0.25, -0.2) is 9.78 Å². The number of carbonyl (C=O) groups excluding carboxylic acids is 1. The van der Waals surface area contributed by atoms with Crippen LogP contribution in [0.1, 0.15) is 12.8 Å². The van der Waals surface area contributed by atoms with E-state index in [1.54, 1.807) is 0 Å². The zero-order valence-corrected chi connectivity index (χ0v) is 6.71. The first kappa shape index (κ1) is 7.97. The van der Waals surface area contributed by atoms with Gasteiger partial charge in [0.15, 0.2) is 6.23 Å². The normalized spacial score (nSPS) is 34.3. The minimum absolute atomic E-state index is 0.0146. The van der Waals surface area contributed by atoms with Crippen molar-refractivity contribution in [1.82, 2.24) is 10.6 Å². The van der Waals surface area contributed by atoms with Gasteiger partial charge in [0.05, 0.1) is 6.04 Å². The fourth-order valence-corrected chi connectivity index (χ4v) is 1.37.